The molecule has 110 valence electrons. The van der Waals surface area contributed by atoms with Crippen molar-refractivity contribution in [3.8, 4) is 0 Å². The summed E-state index contributed by atoms with van der Waals surface area (Å²) in [5.74, 6) is -0.144. The monoisotopic (exact) mass is 279 g/mol. The first kappa shape index (κ1) is 14.8. The summed E-state index contributed by atoms with van der Waals surface area (Å²) < 4.78 is 13.8. The van der Waals surface area contributed by atoms with Crippen LogP contribution in [0.5, 0.6) is 0 Å². The van der Waals surface area contributed by atoms with Crippen LogP contribution in [-0.2, 0) is 0 Å². The van der Waals surface area contributed by atoms with Gasteiger partial charge in [-0.2, -0.15) is 0 Å². The molecule has 20 heavy (non-hydrogen) atoms. The van der Waals surface area contributed by atoms with Gasteiger partial charge in [0, 0.05) is 6.54 Å². The normalized spacial score (nSPS) is 22.5. The Morgan fingerprint density at radius 2 is 1.95 bits per heavy atom. The zero-order valence-electron chi connectivity index (χ0n) is 11.9. The van der Waals surface area contributed by atoms with Crippen molar-refractivity contribution in [2.45, 2.75) is 39.0 Å². The van der Waals surface area contributed by atoms with Crippen LogP contribution >= 0.6 is 0 Å². The molecular weight excluding hydrogens is 257 g/mol. The molecule has 0 amide bonds. The van der Waals surface area contributed by atoms with E-state index < -0.39 is 11.8 Å². The second-order valence-electron chi connectivity index (χ2n) is 5.68. The third-order valence-electron chi connectivity index (χ3n) is 4.34. The number of carboxylic acids is 1. The lowest BCUT2D eigenvalue weighted by molar-refractivity contribution is 0.0696. The molecule has 2 rings (SSSR count). The lowest BCUT2D eigenvalue weighted by Crippen LogP contribution is -2.21. The van der Waals surface area contributed by atoms with Crippen molar-refractivity contribution >= 4 is 11.7 Å². The van der Waals surface area contributed by atoms with Gasteiger partial charge in [0.05, 0.1) is 11.3 Å². The Hall–Kier alpha value is -1.58. The fourth-order valence-corrected chi connectivity index (χ4v) is 2.89. The highest BCUT2D eigenvalue weighted by molar-refractivity contribution is 5.88. The molecule has 0 aliphatic heterocycles. The van der Waals surface area contributed by atoms with Crippen LogP contribution in [0.3, 0.4) is 0 Å². The molecule has 1 aliphatic carbocycles. The van der Waals surface area contributed by atoms with Crippen LogP contribution in [0.4, 0.5) is 10.1 Å². The third-order valence-corrected chi connectivity index (χ3v) is 4.34. The first-order valence-corrected chi connectivity index (χ1v) is 7.36. The summed E-state index contributed by atoms with van der Waals surface area (Å²) in [6, 6.07) is 4.01. The van der Waals surface area contributed by atoms with Gasteiger partial charge in [0.2, 0.25) is 0 Å². The average Bonchev–Trinajstić information content (AvgIpc) is 2.46. The van der Waals surface area contributed by atoms with Gasteiger partial charge in [-0.05, 0) is 42.9 Å². The minimum absolute atomic E-state index is 0.0171. The highest BCUT2D eigenvalue weighted by Crippen LogP contribution is 2.30. The van der Waals surface area contributed by atoms with E-state index in [4.69, 9.17) is 5.11 Å². The number of halogens is 1. The van der Waals surface area contributed by atoms with Gasteiger partial charge in [0.25, 0.3) is 0 Å². The van der Waals surface area contributed by atoms with Gasteiger partial charge >= 0.3 is 5.97 Å². The third kappa shape index (κ3) is 3.71. The SMILES string of the molecule is CCC1CCC(CNc2ccc(C(=O)O)cc2F)CC1. The summed E-state index contributed by atoms with van der Waals surface area (Å²) >= 11 is 0. The number of hydrogen-bond donors (Lipinski definition) is 2. The second kappa shape index (κ2) is 6.73. The molecule has 0 radical (unpaired) electrons. The summed E-state index contributed by atoms with van der Waals surface area (Å²) in [6.07, 6.45) is 6.18. The first-order chi connectivity index (χ1) is 9.60. The van der Waals surface area contributed by atoms with Crippen molar-refractivity contribution in [3.63, 3.8) is 0 Å². The number of anilines is 1. The number of hydrogen-bond acceptors (Lipinski definition) is 2. The molecule has 1 aromatic rings. The summed E-state index contributed by atoms with van der Waals surface area (Å²) in [7, 11) is 0. The van der Waals surface area contributed by atoms with Gasteiger partial charge in [-0.25, -0.2) is 9.18 Å². The molecule has 1 fully saturated rings. The van der Waals surface area contributed by atoms with Crippen molar-refractivity contribution in [1.29, 1.82) is 0 Å². The standard InChI is InChI=1S/C16H22FNO2/c1-2-11-3-5-12(6-4-11)10-18-15-8-7-13(16(19)20)9-14(15)17/h7-9,11-12,18H,2-6,10H2,1H3,(H,19,20). The predicted molar refractivity (Wildman–Crippen MR) is 77.6 cm³/mol. The van der Waals surface area contributed by atoms with E-state index in [1.165, 1.54) is 44.2 Å². The molecule has 1 aliphatic rings. The number of carboxylic acid groups (broad SMARTS) is 1. The van der Waals surface area contributed by atoms with Crippen LogP contribution in [0.1, 0.15) is 49.4 Å². The molecule has 3 nitrogen and oxygen atoms in total. The Morgan fingerprint density at radius 1 is 1.30 bits per heavy atom. The van der Waals surface area contributed by atoms with Crippen molar-refractivity contribution in [2.75, 3.05) is 11.9 Å². The first-order valence-electron chi connectivity index (χ1n) is 7.36. The second-order valence-corrected chi connectivity index (χ2v) is 5.68. The van der Waals surface area contributed by atoms with Crippen LogP contribution in [0.15, 0.2) is 18.2 Å². The molecule has 0 bridgehead atoms. The largest absolute Gasteiger partial charge is 0.478 e. The van der Waals surface area contributed by atoms with Crippen molar-refractivity contribution in [2.24, 2.45) is 11.8 Å². The van der Waals surface area contributed by atoms with Gasteiger partial charge < -0.3 is 10.4 Å². The number of rotatable bonds is 5. The number of carbonyl (C=O) groups is 1. The average molecular weight is 279 g/mol. The molecule has 4 heteroatoms. The molecule has 1 aromatic carbocycles. The Balaban J connectivity index is 1.87. The summed E-state index contributed by atoms with van der Waals surface area (Å²) in [5, 5.41) is 11.9. The van der Waals surface area contributed by atoms with E-state index in [1.807, 2.05) is 0 Å². The van der Waals surface area contributed by atoms with Crippen LogP contribution in [0, 0.1) is 17.7 Å². The molecule has 2 N–H and O–H groups in total. The molecule has 0 unspecified atom stereocenters. The van der Waals surface area contributed by atoms with E-state index >= 15 is 0 Å². The van der Waals surface area contributed by atoms with E-state index in [2.05, 4.69) is 12.2 Å². The summed E-state index contributed by atoms with van der Waals surface area (Å²) in [6.45, 7) is 3.00. The molecule has 1 saturated carbocycles. The van der Waals surface area contributed by atoms with Crippen LogP contribution < -0.4 is 5.32 Å². The summed E-state index contributed by atoms with van der Waals surface area (Å²) in [4.78, 5) is 10.7. The maximum Gasteiger partial charge on any atom is 0.335 e. The molecule has 0 aromatic heterocycles. The summed E-state index contributed by atoms with van der Waals surface area (Å²) in [5.41, 5.74) is 0.379. The molecule has 0 saturated heterocycles. The van der Waals surface area contributed by atoms with Gasteiger partial charge in [-0.3, -0.25) is 0 Å². The molecule has 0 heterocycles. The molecule has 0 atom stereocenters. The predicted octanol–water partition coefficient (Wildman–Crippen LogP) is 4.15. The minimum Gasteiger partial charge on any atom is -0.478 e. The Morgan fingerprint density at radius 3 is 2.50 bits per heavy atom. The van der Waals surface area contributed by atoms with Crippen LogP contribution in [-0.4, -0.2) is 17.6 Å². The van der Waals surface area contributed by atoms with E-state index in [0.717, 1.165) is 18.5 Å². The lowest BCUT2D eigenvalue weighted by atomic mass is 9.81. The maximum absolute atomic E-state index is 13.8. The smallest absolute Gasteiger partial charge is 0.335 e. The number of aromatic carboxylic acids is 1. The highest BCUT2D eigenvalue weighted by atomic mass is 19.1. The Bertz CT molecular complexity index is 468. The van der Waals surface area contributed by atoms with Crippen LogP contribution in [0.2, 0.25) is 0 Å². The highest BCUT2D eigenvalue weighted by Gasteiger charge is 2.20. The van der Waals surface area contributed by atoms with Crippen molar-refractivity contribution < 1.29 is 14.3 Å². The molecule has 0 spiro atoms. The van der Waals surface area contributed by atoms with Crippen LogP contribution in [0.25, 0.3) is 0 Å². The lowest BCUT2D eigenvalue weighted by Gasteiger charge is -2.28. The van der Waals surface area contributed by atoms with Gasteiger partial charge in [0.15, 0.2) is 0 Å². The minimum atomic E-state index is -1.10. The van der Waals surface area contributed by atoms with Gasteiger partial charge in [-0.15, -0.1) is 0 Å². The van der Waals surface area contributed by atoms with E-state index in [0.29, 0.717) is 11.6 Å². The van der Waals surface area contributed by atoms with E-state index in [-0.39, 0.29) is 5.56 Å². The topological polar surface area (TPSA) is 49.3 Å². The fourth-order valence-electron chi connectivity index (χ4n) is 2.89. The number of benzene rings is 1. The van der Waals surface area contributed by atoms with E-state index in [1.54, 1.807) is 0 Å². The fraction of sp³-hybridized carbons (Fsp3) is 0.562. The number of nitrogens with one attached hydrogen (secondary N) is 1. The van der Waals surface area contributed by atoms with Crippen molar-refractivity contribution in [3.05, 3.63) is 29.6 Å². The quantitative estimate of drug-likeness (QED) is 0.851. The zero-order chi connectivity index (χ0) is 14.5. The maximum atomic E-state index is 13.8. The Kier molecular flexibility index (Phi) is 4.99. The van der Waals surface area contributed by atoms with Gasteiger partial charge in [-0.1, -0.05) is 26.2 Å². The molecular formula is C16H22FNO2. The van der Waals surface area contributed by atoms with Crippen molar-refractivity contribution in [1.82, 2.24) is 0 Å². The van der Waals surface area contributed by atoms with E-state index in [9.17, 15) is 9.18 Å². The van der Waals surface area contributed by atoms with Gasteiger partial charge in [0.1, 0.15) is 5.82 Å². The zero-order valence-corrected chi connectivity index (χ0v) is 11.9. The Labute approximate surface area is 119 Å².